The normalized spacial score (nSPS) is 12.5. The number of nitrogens with zero attached hydrogens (tertiary/aromatic N) is 2. The maximum Gasteiger partial charge on any atom is 0.235 e. The Morgan fingerprint density at radius 1 is 1.27 bits per heavy atom. The van der Waals surface area contributed by atoms with Crippen LogP contribution in [0.1, 0.15) is 40.0 Å². The molecule has 15 heavy (non-hydrogen) atoms. The van der Waals surface area contributed by atoms with E-state index < -0.39 is 0 Å². The summed E-state index contributed by atoms with van der Waals surface area (Å²) >= 11 is 0. The zero-order chi connectivity index (χ0) is 11.7. The van der Waals surface area contributed by atoms with Gasteiger partial charge < -0.3 is 0 Å². The Balaban J connectivity index is 3.94. The number of isocyanates is 2. The fourth-order valence-electron chi connectivity index (χ4n) is 1.72. The summed E-state index contributed by atoms with van der Waals surface area (Å²) in [6.07, 6.45) is 5.75. The Hall–Kier alpha value is -1.24. The number of aliphatic imine (C=N–C) groups is 2. The Morgan fingerprint density at radius 2 is 1.93 bits per heavy atom. The van der Waals surface area contributed by atoms with Gasteiger partial charge in [-0.1, -0.05) is 13.8 Å². The van der Waals surface area contributed by atoms with Crippen LogP contribution in [0.15, 0.2) is 9.98 Å². The first kappa shape index (κ1) is 13.8. The maximum atomic E-state index is 10.1. The van der Waals surface area contributed by atoms with E-state index in [1.807, 2.05) is 6.92 Å². The van der Waals surface area contributed by atoms with Crippen LogP contribution in [-0.2, 0) is 9.59 Å². The highest BCUT2D eigenvalue weighted by atomic mass is 16.1. The predicted molar refractivity (Wildman–Crippen MR) is 58.2 cm³/mol. The Morgan fingerprint density at radius 3 is 2.47 bits per heavy atom. The SMILES string of the molecule is CC(CC(C)(C)CCCN=C=O)N=C=O. The summed E-state index contributed by atoms with van der Waals surface area (Å²) in [7, 11) is 0. The number of hydrogen-bond donors (Lipinski definition) is 0. The van der Waals surface area contributed by atoms with E-state index in [1.54, 1.807) is 6.08 Å². The second kappa shape index (κ2) is 7.10. The summed E-state index contributed by atoms with van der Waals surface area (Å²) in [5.41, 5.74) is 0.109. The fraction of sp³-hybridized carbons (Fsp3) is 0.818. The molecular weight excluding hydrogens is 192 g/mol. The van der Waals surface area contributed by atoms with E-state index >= 15 is 0 Å². The first-order chi connectivity index (χ1) is 7.02. The lowest BCUT2D eigenvalue weighted by Gasteiger charge is -2.25. The molecule has 0 aliphatic carbocycles. The highest BCUT2D eigenvalue weighted by molar-refractivity contribution is 5.33. The largest absolute Gasteiger partial charge is 0.235 e. The van der Waals surface area contributed by atoms with Crippen LogP contribution in [0.25, 0.3) is 0 Å². The van der Waals surface area contributed by atoms with Gasteiger partial charge in [0.25, 0.3) is 0 Å². The van der Waals surface area contributed by atoms with E-state index in [2.05, 4.69) is 23.8 Å². The standard InChI is InChI=1S/C11H18N2O2/c1-10(13-9-15)7-11(2,3)5-4-6-12-8-14/h10H,4-7H2,1-3H3. The van der Waals surface area contributed by atoms with Crippen LogP contribution in [0.2, 0.25) is 0 Å². The third kappa shape index (κ3) is 7.80. The molecule has 0 aromatic carbocycles. The molecule has 4 heteroatoms. The molecule has 0 bridgehead atoms. The summed E-state index contributed by atoms with van der Waals surface area (Å²) in [6.45, 7) is 6.66. The lowest BCUT2D eigenvalue weighted by molar-refractivity contribution is 0.282. The molecule has 0 aliphatic heterocycles. The zero-order valence-corrected chi connectivity index (χ0v) is 9.62. The van der Waals surface area contributed by atoms with Crippen molar-refractivity contribution in [2.75, 3.05) is 6.54 Å². The number of carbonyl (C=O) groups excluding carboxylic acids is 2. The molecule has 0 aliphatic rings. The van der Waals surface area contributed by atoms with Crippen molar-refractivity contribution in [2.45, 2.75) is 46.1 Å². The second-order valence-corrected chi connectivity index (χ2v) is 4.51. The second-order valence-electron chi connectivity index (χ2n) is 4.51. The molecule has 4 nitrogen and oxygen atoms in total. The monoisotopic (exact) mass is 210 g/mol. The van der Waals surface area contributed by atoms with E-state index in [1.165, 1.54) is 6.08 Å². The first-order valence-corrected chi connectivity index (χ1v) is 5.12. The van der Waals surface area contributed by atoms with Gasteiger partial charge in [-0.15, -0.1) is 0 Å². The van der Waals surface area contributed by atoms with Crippen molar-refractivity contribution in [1.82, 2.24) is 0 Å². The highest BCUT2D eigenvalue weighted by Crippen LogP contribution is 2.28. The van der Waals surface area contributed by atoms with Gasteiger partial charge >= 0.3 is 0 Å². The summed E-state index contributed by atoms with van der Waals surface area (Å²) in [6, 6.07) is 0.00655. The van der Waals surface area contributed by atoms with E-state index in [9.17, 15) is 9.59 Å². The molecule has 1 unspecified atom stereocenters. The van der Waals surface area contributed by atoms with Gasteiger partial charge in [0.05, 0.1) is 12.6 Å². The van der Waals surface area contributed by atoms with Gasteiger partial charge in [0.15, 0.2) is 0 Å². The quantitative estimate of drug-likeness (QED) is 0.367. The molecule has 0 radical (unpaired) electrons. The minimum absolute atomic E-state index is 0.00655. The van der Waals surface area contributed by atoms with Crippen molar-refractivity contribution in [3.05, 3.63) is 0 Å². The van der Waals surface area contributed by atoms with E-state index in [-0.39, 0.29) is 11.5 Å². The van der Waals surface area contributed by atoms with Gasteiger partial charge in [-0.25, -0.2) is 19.6 Å². The molecule has 1 atom stereocenters. The van der Waals surface area contributed by atoms with Gasteiger partial charge in [-0.2, -0.15) is 0 Å². The van der Waals surface area contributed by atoms with Crippen molar-refractivity contribution in [2.24, 2.45) is 15.4 Å². The topological polar surface area (TPSA) is 58.9 Å². The smallest absolute Gasteiger partial charge is 0.211 e. The molecule has 0 aromatic heterocycles. The minimum atomic E-state index is 0.00655. The minimum Gasteiger partial charge on any atom is -0.211 e. The molecule has 0 aromatic rings. The predicted octanol–water partition coefficient (Wildman–Crippen LogP) is 2.24. The van der Waals surface area contributed by atoms with E-state index in [0.29, 0.717) is 6.54 Å². The molecule has 0 fully saturated rings. The molecule has 0 spiro atoms. The lowest BCUT2D eigenvalue weighted by Crippen LogP contribution is -2.17. The average molecular weight is 210 g/mol. The first-order valence-electron chi connectivity index (χ1n) is 5.12. The van der Waals surface area contributed by atoms with Crippen LogP contribution in [0, 0.1) is 5.41 Å². The average Bonchev–Trinajstić information content (AvgIpc) is 2.12. The molecule has 0 saturated carbocycles. The Kier molecular flexibility index (Phi) is 6.52. The Labute approximate surface area is 90.5 Å². The molecule has 0 amide bonds. The Bertz CT molecular complexity index is 274. The van der Waals surface area contributed by atoms with Gasteiger partial charge in [-0.3, -0.25) is 0 Å². The summed E-state index contributed by atoms with van der Waals surface area (Å²) in [5, 5.41) is 0. The summed E-state index contributed by atoms with van der Waals surface area (Å²) < 4.78 is 0. The van der Waals surface area contributed by atoms with Crippen molar-refractivity contribution >= 4 is 12.2 Å². The van der Waals surface area contributed by atoms with Crippen molar-refractivity contribution in [1.29, 1.82) is 0 Å². The van der Waals surface area contributed by atoms with E-state index in [4.69, 9.17) is 0 Å². The summed E-state index contributed by atoms with van der Waals surface area (Å²) in [4.78, 5) is 27.1. The number of rotatable bonds is 7. The van der Waals surface area contributed by atoms with E-state index in [0.717, 1.165) is 19.3 Å². The van der Waals surface area contributed by atoms with Gasteiger partial charge in [0.1, 0.15) is 0 Å². The number of hydrogen-bond acceptors (Lipinski definition) is 4. The molecule has 84 valence electrons. The third-order valence-electron chi connectivity index (χ3n) is 2.31. The van der Waals surface area contributed by atoms with Crippen LogP contribution in [0.3, 0.4) is 0 Å². The van der Waals surface area contributed by atoms with Crippen LogP contribution in [-0.4, -0.2) is 24.7 Å². The van der Waals surface area contributed by atoms with Gasteiger partial charge in [-0.05, 0) is 31.6 Å². The molecule has 0 heterocycles. The lowest BCUT2D eigenvalue weighted by atomic mass is 9.82. The zero-order valence-electron chi connectivity index (χ0n) is 9.62. The maximum absolute atomic E-state index is 10.1. The van der Waals surface area contributed by atoms with Crippen LogP contribution in [0.5, 0.6) is 0 Å². The van der Waals surface area contributed by atoms with Crippen LogP contribution in [0.4, 0.5) is 0 Å². The van der Waals surface area contributed by atoms with Crippen LogP contribution >= 0.6 is 0 Å². The summed E-state index contributed by atoms with van der Waals surface area (Å²) in [5.74, 6) is 0. The molecule has 0 saturated heterocycles. The third-order valence-corrected chi connectivity index (χ3v) is 2.31. The van der Waals surface area contributed by atoms with Gasteiger partial charge in [0.2, 0.25) is 12.2 Å². The molecule has 0 N–H and O–H groups in total. The van der Waals surface area contributed by atoms with Crippen LogP contribution < -0.4 is 0 Å². The van der Waals surface area contributed by atoms with Crippen molar-refractivity contribution in [3.8, 4) is 0 Å². The van der Waals surface area contributed by atoms with Gasteiger partial charge in [0, 0.05) is 0 Å². The van der Waals surface area contributed by atoms with Crippen molar-refractivity contribution < 1.29 is 9.59 Å². The molecule has 0 rings (SSSR count). The highest BCUT2D eigenvalue weighted by Gasteiger charge is 2.20. The van der Waals surface area contributed by atoms with Crippen molar-refractivity contribution in [3.63, 3.8) is 0 Å². The fourth-order valence-corrected chi connectivity index (χ4v) is 1.72. The molecular formula is C11H18N2O2.